The van der Waals surface area contributed by atoms with Gasteiger partial charge in [-0.15, -0.1) is 0 Å². The lowest BCUT2D eigenvalue weighted by Gasteiger charge is -2.22. The predicted octanol–water partition coefficient (Wildman–Crippen LogP) is 2.90. The smallest absolute Gasteiger partial charge is 0.338 e. The molecule has 0 aliphatic heterocycles. The molecule has 4 nitrogen and oxygen atoms in total. The van der Waals surface area contributed by atoms with Gasteiger partial charge in [0.2, 0.25) is 0 Å². The van der Waals surface area contributed by atoms with E-state index in [1.54, 1.807) is 0 Å². The van der Waals surface area contributed by atoms with Gasteiger partial charge < -0.3 is 9.84 Å². The summed E-state index contributed by atoms with van der Waals surface area (Å²) in [7, 11) is 0. The predicted molar refractivity (Wildman–Crippen MR) is 70.1 cm³/mol. The van der Waals surface area contributed by atoms with Crippen molar-refractivity contribution in [2.45, 2.75) is 25.9 Å². The molecule has 0 saturated carbocycles. The standard InChI is InChI=1S/C15H16O4/c1-10-3-2-4-13(9-10)19-15(18)12-7-5-11(6-8-12)14(16)17/h2-3,5-8,10,13H,4,9H2,1H3,(H,16,17). The first-order valence-corrected chi connectivity index (χ1v) is 6.27. The van der Waals surface area contributed by atoms with Crippen LogP contribution in [0.3, 0.4) is 0 Å². The fourth-order valence-corrected chi connectivity index (χ4v) is 2.12. The van der Waals surface area contributed by atoms with E-state index in [4.69, 9.17) is 9.84 Å². The van der Waals surface area contributed by atoms with Crippen molar-refractivity contribution in [2.24, 2.45) is 5.92 Å². The Morgan fingerprint density at radius 1 is 1.21 bits per heavy atom. The molecule has 2 atom stereocenters. The second-order valence-electron chi connectivity index (χ2n) is 4.79. The first kappa shape index (κ1) is 13.3. The van der Waals surface area contributed by atoms with Gasteiger partial charge in [0.05, 0.1) is 11.1 Å². The minimum absolute atomic E-state index is 0.0911. The molecule has 2 unspecified atom stereocenters. The second-order valence-corrected chi connectivity index (χ2v) is 4.79. The third-order valence-corrected chi connectivity index (χ3v) is 3.14. The van der Waals surface area contributed by atoms with E-state index in [-0.39, 0.29) is 11.7 Å². The molecule has 0 saturated heterocycles. The van der Waals surface area contributed by atoms with E-state index in [1.807, 2.05) is 6.08 Å². The highest BCUT2D eigenvalue weighted by Crippen LogP contribution is 2.21. The molecule has 4 heteroatoms. The Morgan fingerprint density at radius 2 is 1.84 bits per heavy atom. The van der Waals surface area contributed by atoms with Gasteiger partial charge in [0, 0.05) is 6.42 Å². The number of carbonyl (C=O) groups excluding carboxylic acids is 1. The van der Waals surface area contributed by atoms with Crippen LogP contribution >= 0.6 is 0 Å². The van der Waals surface area contributed by atoms with Gasteiger partial charge in [0.1, 0.15) is 6.10 Å². The summed E-state index contributed by atoms with van der Waals surface area (Å²) < 4.78 is 5.41. The van der Waals surface area contributed by atoms with E-state index in [0.29, 0.717) is 11.5 Å². The lowest BCUT2D eigenvalue weighted by molar-refractivity contribution is 0.0256. The number of carboxylic acids is 1. The Hall–Kier alpha value is -2.10. The van der Waals surface area contributed by atoms with Crippen LogP contribution in [-0.4, -0.2) is 23.1 Å². The molecule has 1 aliphatic carbocycles. The van der Waals surface area contributed by atoms with Crippen LogP contribution in [0, 0.1) is 5.92 Å². The molecule has 2 rings (SSSR count). The first-order chi connectivity index (χ1) is 9.06. The van der Waals surface area contributed by atoms with E-state index < -0.39 is 11.9 Å². The molecule has 0 amide bonds. The average molecular weight is 260 g/mol. The molecule has 1 N–H and O–H groups in total. The molecule has 0 radical (unpaired) electrons. The van der Waals surface area contributed by atoms with Crippen molar-refractivity contribution in [2.75, 3.05) is 0 Å². The Morgan fingerprint density at radius 3 is 2.42 bits per heavy atom. The van der Waals surface area contributed by atoms with Crippen LogP contribution in [0.15, 0.2) is 36.4 Å². The molecular weight excluding hydrogens is 244 g/mol. The van der Waals surface area contributed by atoms with E-state index >= 15 is 0 Å². The number of ether oxygens (including phenoxy) is 1. The molecule has 1 aromatic rings. The van der Waals surface area contributed by atoms with Crippen LogP contribution in [-0.2, 0) is 4.74 Å². The molecule has 0 fully saturated rings. The summed E-state index contributed by atoms with van der Waals surface area (Å²) in [6.07, 6.45) is 5.62. The normalized spacial score (nSPS) is 21.9. The maximum atomic E-state index is 11.9. The zero-order valence-electron chi connectivity index (χ0n) is 10.7. The van der Waals surface area contributed by atoms with E-state index in [9.17, 15) is 9.59 Å². The van der Waals surface area contributed by atoms with Gasteiger partial charge in [-0.25, -0.2) is 9.59 Å². The summed E-state index contributed by atoms with van der Waals surface area (Å²) in [6, 6.07) is 5.77. The second kappa shape index (κ2) is 5.69. The third-order valence-electron chi connectivity index (χ3n) is 3.14. The topological polar surface area (TPSA) is 63.6 Å². The molecule has 0 bridgehead atoms. The van der Waals surface area contributed by atoms with Crippen LogP contribution in [0.4, 0.5) is 0 Å². The maximum Gasteiger partial charge on any atom is 0.338 e. The number of allylic oxidation sites excluding steroid dienone is 1. The molecule has 100 valence electrons. The van der Waals surface area contributed by atoms with Gasteiger partial charge in [0.15, 0.2) is 0 Å². The third kappa shape index (κ3) is 3.44. The molecule has 1 aliphatic rings. The van der Waals surface area contributed by atoms with Crippen molar-refractivity contribution in [1.29, 1.82) is 0 Å². The van der Waals surface area contributed by atoms with Crippen LogP contribution in [0.2, 0.25) is 0 Å². The Balaban J connectivity index is 2.00. The highest BCUT2D eigenvalue weighted by molar-refractivity contribution is 5.92. The van der Waals surface area contributed by atoms with Gasteiger partial charge >= 0.3 is 11.9 Å². The number of hydrogen-bond acceptors (Lipinski definition) is 3. The molecule has 1 aromatic carbocycles. The summed E-state index contributed by atoms with van der Waals surface area (Å²) in [5.41, 5.74) is 0.540. The summed E-state index contributed by atoms with van der Waals surface area (Å²) in [5.74, 6) is -0.989. The van der Waals surface area contributed by atoms with Crippen molar-refractivity contribution < 1.29 is 19.4 Å². The Kier molecular flexibility index (Phi) is 4.00. The van der Waals surface area contributed by atoms with Crippen molar-refractivity contribution in [3.8, 4) is 0 Å². The van der Waals surface area contributed by atoms with Crippen molar-refractivity contribution in [3.05, 3.63) is 47.5 Å². The first-order valence-electron chi connectivity index (χ1n) is 6.27. The number of carboxylic acid groups (broad SMARTS) is 1. The fourth-order valence-electron chi connectivity index (χ4n) is 2.12. The largest absolute Gasteiger partial charge is 0.478 e. The minimum atomic E-state index is -1.01. The van der Waals surface area contributed by atoms with Gasteiger partial charge in [0.25, 0.3) is 0 Å². The summed E-state index contributed by atoms with van der Waals surface area (Å²) in [4.78, 5) is 22.6. The molecule has 19 heavy (non-hydrogen) atoms. The molecule has 0 aromatic heterocycles. The van der Waals surface area contributed by atoms with Crippen molar-refractivity contribution >= 4 is 11.9 Å². The van der Waals surface area contributed by atoms with E-state index in [1.165, 1.54) is 24.3 Å². The summed E-state index contributed by atoms with van der Waals surface area (Å²) in [6.45, 7) is 2.08. The highest BCUT2D eigenvalue weighted by Gasteiger charge is 2.19. The SMILES string of the molecule is CC1C=CCC(OC(=O)c2ccc(C(=O)O)cc2)C1. The molecule has 0 spiro atoms. The minimum Gasteiger partial charge on any atom is -0.478 e. The number of aromatic carboxylic acids is 1. The average Bonchev–Trinajstić information content (AvgIpc) is 2.39. The quantitative estimate of drug-likeness (QED) is 0.670. The summed E-state index contributed by atoms with van der Waals surface area (Å²) >= 11 is 0. The highest BCUT2D eigenvalue weighted by atomic mass is 16.5. The molecule has 0 heterocycles. The van der Waals surface area contributed by atoms with E-state index in [2.05, 4.69) is 13.0 Å². The zero-order chi connectivity index (χ0) is 13.8. The summed E-state index contributed by atoms with van der Waals surface area (Å²) in [5, 5.41) is 8.78. The number of carbonyl (C=O) groups is 2. The van der Waals surface area contributed by atoms with E-state index in [0.717, 1.165) is 12.8 Å². The van der Waals surface area contributed by atoms with Crippen molar-refractivity contribution in [1.82, 2.24) is 0 Å². The van der Waals surface area contributed by atoms with Gasteiger partial charge in [-0.3, -0.25) is 0 Å². The lowest BCUT2D eigenvalue weighted by atomic mass is 9.95. The Bertz CT molecular complexity index is 501. The van der Waals surface area contributed by atoms with Crippen LogP contribution < -0.4 is 0 Å². The van der Waals surface area contributed by atoms with Gasteiger partial charge in [-0.05, 0) is 36.6 Å². The lowest BCUT2D eigenvalue weighted by Crippen LogP contribution is -2.22. The Labute approximate surface area is 111 Å². The monoisotopic (exact) mass is 260 g/mol. The molecular formula is C15H16O4. The van der Waals surface area contributed by atoms with Gasteiger partial charge in [-0.2, -0.15) is 0 Å². The van der Waals surface area contributed by atoms with Crippen LogP contribution in [0.5, 0.6) is 0 Å². The maximum absolute atomic E-state index is 11.9. The van der Waals surface area contributed by atoms with Crippen molar-refractivity contribution in [3.63, 3.8) is 0 Å². The number of esters is 1. The number of rotatable bonds is 3. The van der Waals surface area contributed by atoms with Gasteiger partial charge in [-0.1, -0.05) is 19.1 Å². The fraction of sp³-hybridized carbons (Fsp3) is 0.333. The number of benzene rings is 1. The number of hydrogen-bond donors (Lipinski definition) is 1. The zero-order valence-corrected chi connectivity index (χ0v) is 10.7. The van der Waals surface area contributed by atoms with Crippen LogP contribution in [0.25, 0.3) is 0 Å². The van der Waals surface area contributed by atoms with Crippen LogP contribution in [0.1, 0.15) is 40.5 Å².